The maximum absolute atomic E-state index is 13.3. The van der Waals surface area contributed by atoms with Gasteiger partial charge in [-0.05, 0) is 12.8 Å². The Morgan fingerprint density at radius 2 is 0.806 bits per heavy atom. The molecule has 0 spiro atoms. The minimum atomic E-state index is -0.410. The number of rotatable bonds is 10. The molecule has 3 nitrogen and oxygen atoms in total. The minimum absolute atomic E-state index is 0.0129. The zero-order chi connectivity index (χ0) is 22.2. The summed E-state index contributed by atoms with van der Waals surface area (Å²) in [6.07, 6.45) is 0.821. The highest BCUT2D eigenvalue weighted by Gasteiger charge is 2.29. The van der Waals surface area contributed by atoms with E-state index in [0.29, 0.717) is 29.5 Å². The van der Waals surface area contributed by atoms with Gasteiger partial charge in [0.1, 0.15) is 0 Å². The van der Waals surface area contributed by atoms with Crippen molar-refractivity contribution in [2.24, 2.45) is 17.8 Å². The fourth-order valence-electron chi connectivity index (χ4n) is 3.99. The number of hydrogen-bond acceptors (Lipinski definition) is 3. The highest BCUT2D eigenvalue weighted by Crippen LogP contribution is 2.28. The number of hydrogen-bond donors (Lipinski definition) is 0. The first kappa shape index (κ1) is 22.4. The van der Waals surface area contributed by atoms with Crippen LogP contribution < -0.4 is 0 Å². The Bertz CT molecular complexity index is 950. The maximum Gasteiger partial charge on any atom is 0.165 e. The fraction of sp³-hybridized carbons (Fsp3) is 0.250. The lowest BCUT2D eigenvalue weighted by atomic mass is 9.79. The fourth-order valence-corrected chi connectivity index (χ4v) is 3.99. The third-order valence-corrected chi connectivity index (χ3v) is 5.72. The number of carbonyl (C=O) groups excluding carboxylic acids is 3. The molecule has 0 heterocycles. The van der Waals surface area contributed by atoms with Gasteiger partial charge in [-0.25, -0.2) is 0 Å². The molecule has 0 aromatic heterocycles. The van der Waals surface area contributed by atoms with Gasteiger partial charge >= 0.3 is 0 Å². The molecule has 0 radical (unpaired) electrons. The highest BCUT2D eigenvalue weighted by molar-refractivity contribution is 6.01. The van der Waals surface area contributed by atoms with Gasteiger partial charge in [0.05, 0.1) is 0 Å². The molecule has 0 saturated heterocycles. The molecule has 2 atom stereocenters. The minimum Gasteiger partial charge on any atom is -0.294 e. The van der Waals surface area contributed by atoms with Crippen molar-refractivity contribution in [1.29, 1.82) is 0 Å². The second-order valence-electron chi connectivity index (χ2n) is 8.16. The molecule has 0 N–H and O–H groups in total. The van der Waals surface area contributed by atoms with Gasteiger partial charge in [-0.3, -0.25) is 14.4 Å². The van der Waals surface area contributed by atoms with Crippen molar-refractivity contribution in [3.05, 3.63) is 108 Å². The predicted octanol–water partition coefficient (Wildman–Crippen LogP) is 6.30. The third-order valence-electron chi connectivity index (χ3n) is 5.72. The molecule has 31 heavy (non-hydrogen) atoms. The molecule has 0 aliphatic carbocycles. The summed E-state index contributed by atoms with van der Waals surface area (Å²) in [5.41, 5.74) is 1.91. The topological polar surface area (TPSA) is 51.2 Å². The summed E-state index contributed by atoms with van der Waals surface area (Å²) >= 11 is 0. The number of ketones is 3. The van der Waals surface area contributed by atoms with E-state index in [1.54, 1.807) is 36.4 Å². The molecule has 2 unspecified atom stereocenters. The van der Waals surface area contributed by atoms with Crippen molar-refractivity contribution in [3.63, 3.8) is 0 Å². The van der Waals surface area contributed by atoms with E-state index in [-0.39, 0.29) is 29.2 Å². The SMILES string of the molecule is CC(CC(CC(C)C(=O)c1ccccc1)C(=O)c1ccccc1)C(=O)c1ccccc1. The monoisotopic (exact) mass is 412 g/mol. The van der Waals surface area contributed by atoms with Crippen LogP contribution in [0, 0.1) is 17.8 Å². The first-order valence-corrected chi connectivity index (χ1v) is 10.7. The molecular weight excluding hydrogens is 384 g/mol. The summed E-state index contributed by atoms with van der Waals surface area (Å²) in [4.78, 5) is 39.1. The van der Waals surface area contributed by atoms with Crippen LogP contribution in [0.25, 0.3) is 0 Å². The molecule has 0 aliphatic rings. The molecule has 0 bridgehead atoms. The summed E-state index contributed by atoms with van der Waals surface area (Å²) in [6, 6.07) is 27.4. The van der Waals surface area contributed by atoms with Gasteiger partial charge < -0.3 is 0 Å². The van der Waals surface area contributed by atoms with Crippen molar-refractivity contribution in [3.8, 4) is 0 Å². The zero-order valence-corrected chi connectivity index (χ0v) is 18.0. The largest absolute Gasteiger partial charge is 0.294 e. The van der Waals surface area contributed by atoms with E-state index in [9.17, 15) is 14.4 Å². The predicted molar refractivity (Wildman–Crippen MR) is 123 cm³/mol. The van der Waals surface area contributed by atoms with Gasteiger partial charge in [-0.1, -0.05) is 105 Å². The van der Waals surface area contributed by atoms with Crippen molar-refractivity contribution in [2.45, 2.75) is 26.7 Å². The highest BCUT2D eigenvalue weighted by atomic mass is 16.1. The quantitative estimate of drug-likeness (QED) is 0.367. The Morgan fingerprint density at radius 3 is 1.13 bits per heavy atom. The molecule has 3 rings (SSSR count). The standard InChI is InChI=1S/C28H28O3/c1-20(26(29)22-12-6-3-7-13-22)18-25(28(31)24-16-10-5-11-17-24)19-21(2)27(30)23-14-8-4-9-15-23/h3-17,20-21,25H,18-19H2,1-2H3. The Morgan fingerprint density at radius 1 is 0.516 bits per heavy atom. The van der Waals surface area contributed by atoms with Gasteiger partial charge in [0.15, 0.2) is 17.3 Å². The molecular formula is C28H28O3. The first-order chi connectivity index (χ1) is 15.0. The van der Waals surface area contributed by atoms with Gasteiger partial charge in [-0.15, -0.1) is 0 Å². The Hall–Kier alpha value is -3.33. The smallest absolute Gasteiger partial charge is 0.165 e. The Balaban J connectivity index is 1.80. The van der Waals surface area contributed by atoms with E-state index in [1.807, 2.05) is 68.4 Å². The molecule has 3 heteroatoms. The Labute approximate surface area is 184 Å². The van der Waals surface area contributed by atoms with Crippen LogP contribution in [0.5, 0.6) is 0 Å². The lowest BCUT2D eigenvalue weighted by molar-refractivity contribution is 0.0815. The van der Waals surface area contributed by atoms with E-state index >= 15 is 0 Å². The number of carbonyl (C=O) groups is 3. The maximum atomic E-state index is 13.3. The van der Waals surface area contributed by atoms with Crippen LogP contribution in [0.3, 0.4) is 0 Å². The van der Waals surface area contributed by atoms with E-state index in [0.717, 1.165) is 0 Å². The summed E-state index contributed by atoms with van der Waals surface area (Å²) in [7, 11) is 0. The second kappa shape index (κ2) is 10.6. The van der Waals surface area contributed by atoms with Crippen LogP contribution in [0.15, 0.2) is 91.0 Å². The van der Waals surface area contributed by atoms with Crippen LogP contribution >= 0.6 is 0 Å². The van der Waals surface area contributed by atoms with Crippen LogP contribution in [0.2, 0.25) is 0 Å². The molecule has 3 aromatic rings. The van der Waals surface area contributed by atoms with Gasteiger partial charge in [-0.2, -0.15) is 0 Å². The van der Waals surface area contributed by atoms with Gasteiger partial charge in [0.25, 0.3) is 0 Å². The van der Waals surface area contributed by atoms with Crippen LogP contribution in [0.4, 0.5) is 0 Å². The zero-order valence-electron chi connectivity index (χ0n) is 18.0. The molecule has 158 valence electrons. The van der Waals surface area contributed by atoms with E-state index < -0.39 is 5.92 Å². The summed E-state index contributed by atoms with van der Waals surface area (Å²) < 4.78 is 0. The van der Waals surface area contributed by atoms with Crippen LogP contribution in [-0.2, 0) is 0 Å². The normalized spacial score (nSPS) is 13.7. The number of benzene rings is 3. The first-order valence-electron chi connectivity index (χ1n) is 10.7. The molecule has 0 saturated carbocycles. The van der Waals surface area contributed by atoms with Crippen LogP contribution in [-0.4, -0.2) is 17.3 Å². The number of Topliss-reactive ketones (excluding diaryl/α,β-unsaturated/α-hetero) is 3. The van der Waals surface area contributed by atoms with Crippen molar-refractivity contribution < 1.29 is 14.4 Å². The van der Waals surface area contributed by atoms with E-state index in [2.05, 4.69) is 0 Å². The second-order valence-corrected chi connectivity index (χ2v) is 8.16. The summed E-state index contributed by atoms with van der Waals surface area (Å²) in [5.74, 6) is -1.02. The lowest BCUT2D eigenvalue weighted by Crippen LogP contribution is -2.26. The van der Waals surface area contributed by atoms with E-state index in [4.69, 9.17) is 0 Å². The average molecular weight is 413 g/mol. The van der Waals surface area contributed by atoms with Gasteiger partial charge in [0, 0.05) is 34.4 Å². The van der Waals surface area contributed by atoms with E-state index in [1.165, 1.54) is 0 Å². The third kappa shape index (κ3) is 5.85. The summed E-state index contributed by atoms with van der Waals surface area (Å²) in [6.45, 7) is 3.73. The van der Waals surface area contributed by atoms with Gasteiger partial charge in [0.2, 0.25) is 0 Å². The molecule has 0 amide bonds. The van der Waals surface area contributed by atoms with Crippen molar-refractivity contribution in [2.75, 3.05) is 0 Å². The van der Waals surface area contributed by atoms with Crippen molar-refractivity contribution >= 4 is 17.3 Å². The summed E-state index contributed by atoms with van der Waals surface area (Å²) in [5, 5.41) is 0. The molecule has 3 aromatic carbocycles. The van der Waals surface area contributed by atoms with Crippen molar-refractivity contribution in [1.82, 2.24) is 0 Å². The Kier molecular flexibility index (Phi) is 7.66. The average Bonchev–Trinajstić information content (AvgIpc) is 2.83. The molecule has 0 fully saturated rings. The molecule has 0 aliphatic heterocycles. The van der Waals surface area contributed by atoms with Crippen LogP contribution in [0.1, 0.15) is 57.8 Å². The lowest BCUT2D eigenvalue weighted by Gasteiger charge is -2.22.